The van der Waals surface area contributed by atoms with Crippen LogP contribution in [0.4, 0.5) is 4.39 Å². The largest absolute Gasteiger partial charge is 0.313 e. The van der Waals surface area contributed by atoms with Crippen molar-refractivity contribution in [2.75, 3.05) is 13.1 Å². The van der Waals surface area contributed by atoms with Crippen LogP contribution in [-0.2, 0) is 0 Å². The molecule has 0 bridgehead atoms. The standard InChI is InChI=1S/C17H23ClFN/c1-2-20-12-15(14-6-4-3-5-7-14)8-13-9-16(18)11-17(19)10-13/h8-11,14,20H,2-7,12H2,1H3/b15-8-. The van der Waals surface area contributed by atoms with Gasteiger partial charge in [0.15, 0.2) is 0 Å². The number of halogens is 2. The summed E-state index contributed by atoms with van der Waals surface area (Å²) in [4.78, 5) is 0. The van der Waals surface area contributed by atoms with E-state index in [1.165, 1.54) is 43.7 Å². The smallest absolute Gasteiger partial charge is 0.125 e. The molecule has 0 unspecified atom stereocenters. The van der Waals surface area contributed by atoms with Crippen molar-refractivity contribution in [2.24, 2.45) is 5.92 Å². The lowest BCUT2D eigenvalue weighted by molar-refractivity contribution is 0.397. The van der Waals surface area contributed by atoms with E-state index in [9.17, 15) is 4.39 Å². The molecule has 0 aliphatic heterocycles. The van der Waals surface area contributed by atoms with Crippen LogP contribution in [0.5, 0.6) is 0 Å². The second kappa shape index (κ2) is 7.80. The Balaban J connectivity index is 2.21. The lowest BCUT2D eigenvalue weighted by Gasteiger charge is -2.25. The predicted octanol–water partition coefficient (Wildman–Crippen LogP) is 5.05. The fourth-order valence-electron chi connectivity index (χ4n) is 2.93. The van der Waals surface area contributed by atoms with Gasteiger partial charge in [0.25, 0.3) is 0 Å². The van der Waals surface area contributed by atoms with E-state index >= 15 is 0 Å². The lowest BCUT2D eigenvalue weighted by atomic mass is 9.83. The molecule has 1 aromatic rings. The Kier molecular flexibility index (Phi) is 6.06. The van der Waals surface area contributed by atoms with Gasteiger partial charge < -0.3 is 5.32 Å². The van der Waals surface area contributed by atoms with Crippen LogP contribution in [-0.4, -0.2) is 13.1 Å². The van der Waals surface area contributed by atoms with E-state index < -0.39 is 0 Å². The van der Waals surface area contributed by atoms with Crippen molar-refractivity contribution in [3.8, 4) is 0 Å². The number of hydrogen-bond donors (Lipinski definition) is 1. The van der Waals surface area contributed by atoms with E-state index in [0.29, 0.717) is 10.9 Å². The molecule has 0 heterocycles. The molecule has 0 spiro atoms. The summed E-state index contributed by atoms with van der Waals surface area (Å²) < 4.78 is 13.4. The zero-order valence-electron chi connectivity index (χ0n) is 12.1. The molecule has 110 valence electrons. The van der Waals surface area contributed by atoms with Gasteiger partial charge in [0.2, 0.25) is 0 Å². The monoisotopic (exact) mass is 295 g/mol. The number of benzene rings is 1. The van der Waals surface area contributed by atoms with Gasteiger partial charge in [0, 0.05) is 11.6 Å². The third-order valence-corrected chi connectivity index (χ3v) is 4.16. The van der Waals surface area contributed by atoms with Crippen LogP contribution in [0.15, 0.2) is 23.8 Å². The highest BCUT2D eigenvalue weighted by Gasteiger charge is 2.17. The average Bonchev–Trinajstić information content (AvgIpc) is 2.43. The van der Waals surface area contributed by atoms with Gasteiger partial charge in [0.1, 0.15) is 5.82 Å². The van der Waals surface area contributed by atoms with E-state index in [0.717, 1.165) is 18.7 Å². The maximum atomic E-state index is 13.4. The van der Waals surface area contributed by atoms with Crippen LogP contribution in [0.1, 0.15) is 44.6 Å². The molecule has 1 fully saturated rings. The Labute approximate surface area is 126 Å². The van der Waals surface area contributed by atoms with Gasteiger partial charge in [-0.3, -0.25) is 0 Å². The van der Waals surface area contributed by atoms with Crippen LogP contribution >= 0.6 is 11.6 Å². The average molecular weight is 296 g/mol. The number of nitrogens with one attached hydrogen (secondary N) is 1. The summed E-state index contributed by atoms with van der Waals surface area (Å²) in [6.45, 7) is 3.95. The third kappa shape index (κ3) is 4.60. The molecule has 1 N–H and O–H groups in total. The summed E-state index contributed by atoms with van der Waals surface area (Å²) >= 11 is 5.94. The van der Waals surface area contributed by atoms with Crippen LogP contribution < -0.4 is 5.32 Å². The SMILES string of the molecule is CCNC/C(=C/c1cc(F)cc(Cl)c1)C1CCCCC1. The summed E-state index contributed by atoms with van der Waals surface area (Å²) in [5, 5.41) is 3.86. The Morgan fingerprint density at radius 1 is 1.30 bits per heavy atom. The molecular weight excluding hydrogens is 273 g/mol. The van der Waals surface area contributed by atoms with Gasteiger partial charge >= 0.3 is 0 Å². The molecule has 0 amide bonds. The fraction of sp³-hybridized carbons (Fsp3) is 0.529. The molecule has 2 rings (SSSR count). The highest BCUT2D eigenvalue weighted by Crippen LogP contribution is 2.31. The Bertz CT molecular complexity index is 444. The Morgan fingerprint density at radius 3 is 2.70 bits per heavy atom. The Morgan fingerprint density at radius 2 is 2.05 bits per heavy atom. The quantitative estimate of drug-likeness (QED) is 0.801. The summed E-state index contributed by atoms with van der Waals surface area (Å²) in [6.07, 6.45) is 8.57. The van der Waals surface area contributed by atoms with Crippen molar-refractivity contribution in [3.05, 3.63) is 40.2 Å². The van der Waals surface area contributed by atoms with E-state index in [1.807, 2.05) is 6.07 Å². The maximum Gasteiger partial charge on any atom is 0.125 e. The Hall–Kier alpha value is -0.860. The van der Waals surface area contributed by atoms with Crippen LogP contribution in [0.2, 0.25) is 5.02 Å². The molecule has 0 radical (unpaired) electrons. The summed E-state index contributed by atoms with van der Waals surface area (Å²) in [7, 11) is 0. The minimum Gasteiger partial charge on any atom is -0.313 e. The molecule has 0 saturated heterocycles. The topological polar surface area (TPSA) is 12.0 Å². The normalized spacial score (nSPS) is 17.4. The first kappa shape index (κ1) is 15.5. The molecule has 20 heavy (non-hydrogen) atoms. The molecule has 1 saturated carbocycles. The minimum absolute atomic E-state index is 0.268. The van der Waals surface area contributed by atoms with E-state index in [-0.39, 0.29) is 5.82 Å². The summed E-state index contributed by atoms with van der Waals surface area (Å²) in [6, 6.07) is 4.74. The molecule has 1 aliphatic carbocycles. The zero-order valence-corrected chi connectivity index (χ0v) is 12.8. The second-order valence-electron chi connectivity index (χ2n) is 5.54. The van der Waals surface area contributed by atoms with E-state index in [1.54, 1.807) is 6.07 Å². The highest BCUT2D eigenvalue weighted by atomic mass is 35.5. The van der Waals surface area contributed by atoms with Gasteiger partial charge in [-0.05, 0) is 49.1 Å². The zero-order chi connectivity index (χ0) is 14.4. The molecule has 0 aromatic heterocycles. The first-order chi connectivity index (χ1) is 9.69. The van der Waals surface area contributed by atoms with Gasteiger partial charge in [0.05, 0.1) is 0 Å². The van der Waals surface area contributed by atoms with Crippen LogP contribution in [0.3, 0.4) is 0 Å². The van der Waals surface area contributed by atoms with Crippen molar-refractivity contribution in [1.29, 1.82) is 0 Å². The highest BCUT2D eigenvalue weighted by molar-refractivity contribution is 6.30. The van der Waals surface area contributed by atoms with Gasteiger partial charge in [-0.1, -0.05) is 49.4 Å². The van der Waals surface area contributed by atoms with Gasteiger partial charge in [-0.25, -0.2) is 4.39 Å². The van der Waals surface area contributed by atoms with Crippen LogP contribution in [0, 0.1) is 11.7 Å². The lowest BCUT2D eigenvalue weighted by Crippen LogP contribution is -2.22. The van der Waals surface area contributed by atoms with Crippen LogP contribution in [0.25, 0.3) is 6.08 Å². The molecule has 3 heteroatoms. The van der Waals surface area contributed by atoms with Crippen molar-refractivity contribution < 1.29 is 4.39 Å². The first-order valence-electron chi connectivity index (χ1n) is 7.56. The number of rotatable bonds is 5. The predicted molar refractivity (Wildman–Crippen MR) is 84.5 cm³/mol. The second-order valence-corrected chi connectivity index (χ2v) is 5.97. The van der Waals surface area contributed by atoms with E-state index in [4.69, 9.17) is 11.6 Å². The molecular formula is C17H23ClFN. The van der Waals surface area contributed by atoms with Gasteiger partial charge in [-0.15, -0.1) is 0 Å². The van der Waals surface area contributed by atoms with Crippen molar-refractivity contribution in [1.82, 2.24) is 5.32 Å². The molecule has 1 aliphatic rings. The maximum absolute atomic E-state index is 13.4. The van der Waals surface area contributed by atoms with Crippen molar-refractivity contribution >= 4 is 17.7 Å². The fourth-order valence-corrected chi connectivity index (χ4v) is 3.16. The number of likely N-dealkylation sites (N-methyl/N-ethyl adjacent to an activating group) is 1. The number of hydrogen-bond acceptors (Lipinski definition) is 1. The molecule has 1 aromatic carbocycles. The first-order valence-corrected chi connectivity index (χ1v) is 7.94. The van der Waals surface area contributed by atoms with Crippen molar-refractivity contribution in [3.63, 3.8) is 0 Å². The summed E-state index contributed by atoms with van der Waals surface area (Å²) in [5.41, 5.74) is 2.25. The summed E-state index contributed by atoms with van der Waals surface area (Å²) in [5.74, 6) is 0.361. The molecule has 1 nitrogen and oxygen atoms in total. The molecule has 0 atom stereocenters. The third-order valence-electron chi connectivity index (χ3n) is 3.95. The van der Waals surface area contributed by atoms with E-state index in [2.05, 4.69) is 18.3 Å². The minimum atomic E-state index is -0.268. The van der Waals surface area contributed by atoms with Crippen molar-refractivity contribution in [2.45, 2.75) is 39.0 Å². The van der Waals surface area contributed by atoms with Gasteiger partial charge in [-0.2, -0.15) is 0 Å².